The van der Waals surface area contributed by atoms with Crippen LogP contribution in [-0.4, -0.2) is 29.2 Å². The van der Waals surface area contributed by atoms with Gasteiger partial charge in [0, 0.05) is 19.3 Å². The Morgan fingerprint density at radius 1 is 1.67 bits per heavy atom. The van der Waals surface area contributed by atoms with E-state index in [0.717, 1.165) is 36.3 Å². The van der Waals surface area contributed by atoms with Gasteiger partial charge in [0.25, 0.3) is 0 Å². The summed E-state index contributed by atoms with van der Waals surface area (Å²) >= 11 is 3.36. The Bertz CT molecular complexity index is 341. The molecule has 1 unspecified atom stereocenters. The molecule has 2 rings (SSSR count). The lowest BCUT2D eigenvalue weighted by molar-refractivity contribution is 0.120. The quantitative estimate of drug-likeness (QED) is 0.871. The molecule has 0 aliphatic carbocycles. The van der Waals surface area contributed by atoms with E-state index in [1.807, 2.05) is 0 Å². The summed E-state index contributed by atoms with van der Waals surface area (Å²) in [5, 5.41) is 3.19. The zero-order valence-corrected chi connectivity index (χ0v) is 9.83. The van der Waals surface area contributed by atoms with Gasteiger partial charge in [-0.25, -0.2) is 4.98 Å². The monoisotopic (exact) mass is 272 g/mol. The second-order valence-electron chi connectivity index (χ2n) is 3.44. The molecule has 2 heterocycles. The third-order valence-electron chi connectivity index (χ3n) is 2.28. The molecule has 0 amide bonds. The Morgan fingerprint density at radius 2 is 2.53 bits per heavy atom. The van der Waals surface area contributed by atoms with E-state index >= 15 is 0 Å². The Kier molecular flexibility index (Phi) is 3.37. The molecule has 0 bridgehead atoms. The highest BCUT2D eigenvalue weighted by Crippen LogP contribution is 2.20. The summed E-state index contributed by atoms with van der Waals surface area (Å²) in [7, 11) is 0. The van der Waals surface area contributed by atoms with Crippen molar-refractivity contribution in [3.8, 4) is 0 Å². The summed E-state index contributed by atoms with van der Waals surface area (Å²) in [6.07, 6.45) is 4.17. The van der Waals surface area contributed by atoms with Gasteiger partial charge in [0.05, 0.1) is 10.6 Å². The maximum absolute atomic E-state index is 5.50. The first kappa shape index (κ1) is 10.6. The van der Waals surface area contributed by atoms with Crippen LogP contribution in [0.3, 0.4) is 0 Å². The topological polar surface area (TPSA) is 73.1 Å². The molecule has 1 aromatic heterocycles. The van der Waals surface area contributed by atoms with Gasteiger partial charge in [0.2, 0.25) is 5.95 Å². The number of hydrogen-bond donors (Lipinski definition) is 2. The van der Waals surface area contributed by atoms with Crippen molar-refractivity contribution in [3.63, 3.8) is 0 Å². The average molecular weight is 273 g/mol. The molecule has 6 heteroatoms. The van der Waals surface area contributed by atoms with Gasteiger partial charge in [-0.15, -0.1) is 0 Å². The minimum atomic E-state index is 0.271. The lowest BCUT2D eigenvalue weighted by Crippen LogP contribution is -2.19. The van der Waals surface area contributed by atoms with E-state index in [1.165, 1.54) is 0 Å². The van der Waals surface area contributed by atoms with Gasteiger partial charge in [0.1, 0.15) is 5.82 Å². The number of halogens is 1. The molecule has 5 nitrogen and oxygen atoms in total. The van der Waals surface area contributed by atoms with Crippen molar-refractivity contribution in [2.24, 2.45) is 0 Å². The Balaban J connectivity index is 1.94. The Morgan fingerprint density at radius 3 is 3.27 bits per heavy atom. The minimum Gasteiger partial charge on any atom is -0.376 e. The molecule has 82 valence electrons. The number of nitrogen functional groups attached to an aromatic ring is 1. The van der Waals surface area contributed by atoms with Crippen LogP contribution in [0.2, 0.25) is 0 Å². The maximum Gasteiger partial charge on any atom is 0.221 e. The first-order valence-electron chi connectivity index (χ1n) is 4.89. The zero-order chi connectivity index (χ0) is 10.7. The normalized spacial score (nSPS) is 20.5. The summed E-state index contributed by atoms with van der Waals surface area (Å²) in [6, 6.07) is 0. The van der Waals surface area contributed by atoms with Crippen molar-refractivity contribution in [3.05, 3.63) is 10.7 Å². The van der Waals surface area contributed by atoms with Gasteiger partial charge in [-0.1, -0.05) is 0 Å². The molecule has 1 aromatic rings. The molecule has 0 spiro atoms. The number of aromatic nitrogens is 2. The molecular weight excluding hydrogens is 260 g/mol. The molecule has 1 saturated heterocycles. The fourth-order valence-electron chi connectivity index (χ4n) is 1.52. The van der Waals surface area contributed by atoms with Gasteiger partial charge in [-0.05, 0) is 28.8 Å². The van der Waals surface area contributed by atoms with Crippen LogP contribution in [0.5, 0.6) is 0 Å². The first-order chi connectivity index (χ1) is 7.25. The highest BCUT2D eigenvalue weighted by Gasteiger charge is 2.15. The number of nitrogens with zero attached hydrogens (tertiary/aromatic N) is 2. The molecule has 0 aromatic carbocycles. The predicted octanol–water partition coefficient (Wildman–Crippen LogP) is 1.41. The fourth-order valence-corrected chi connectivity index (χ4v) is 1.85. The molecule has 1 fully saturated rings. The van der Waals surface area contributed by atoms with Crippen LogP contribution in [0, 0.1) is 0 Å². The molecule has 1 aliphatic heterocycles. The van der Waals surface area contributed by atoms with E-state index in [9.17, 15) is 0 Å². The van der Waals surface area contributed by atoms with Crippen LogP contribution in [0.4, 0.5) is 11.8 Å². The van der Waals surface area contributed by atoms with E-state index in [-0.39, 0.29) is 12.1 Å². The average Bonchev–Trinajstić information content (AvgIpc) is 2.72. The van der Waals surface area contributed by atoms with Crippen LogP contribution >= 0.6 is 15.9 Å². The van der Waals surface area contributed by atoms with Crippen molar-refractivity contribution in [2.45, 2.75) is 18.9 Å². The number of nitrogens with one attached hydrogen (secondary N) is 1. The third kappa shape index (κ3) is 2.79. The summed E-state index contributed by atoms with van der Waals surface area (Å²) in [5.41, 5.74) is 5.50. The van der Waals surface area contributed by atoms with Crippen molar-refractivity contribution in [2.75, 3.05) is 24.2 Å². The SMILES string of the molecule is Nc1ncc(Br)c(NCC2CCCO2)n1. The molecule has 0 saturated carbocycles. The Hall–Kier alpha value is -0.880. The van der Waals surface area contributed by atoms with Gasteiger partial charge >= 0.3 is 0 Å². The largest absolute Gasteiger partial charge is 0.376 e. The zero-order valence-electron chi connectivity index (χ0n) is 8.24. The molecule has 15 heavy (non-hydrogen) atoms. The summed E-state index contributed by atoms with van der Waals surface area (Å²) < 4.78 is 6.31. The Labute approximate surface area is 96.6 Å². The third-order valence-corrected chi connectivity index (χ3v) is 2.86. The second kappa shape index (κ2) is 4.76. The van der Waals surface area contributed by atoms with E-state index in [4.69, 9.17) is 10.5 Å². The van der Waals surface area contributed by atoms with E-state index in [2.05, 4.69) is 31.2 Å². The molecule has 0 radical (unpaired) electrons. The number of hydrogen-bond acceptors (Lipinski definition) is 5. The van der Waals surface area contributed by atoms with Crippen LogP contribution in [-0.2, 0) is 4.74 Å². The highest BCUT2D eigenvalue weighted by atomic mass is 79.9. The summed E-state index contributed by atoms with van der Waals surface area (Å²) in [5.74, 6) is 0.992. The number of anilines is 2. The molecular formula is C9H13BrN4O. The molecule has 1 aliphatic rings. The predicted molar refractivity (Wildman–Crippen MR) is 61.6 cm³/mol. The van der Waals surface area contributed by atoms with E-state index < -0.39 is 0 Å². The van der Waals surface area contributed by atoms with Gasteiger partial charge < -0.3 is 15.8 Å². The standard InChI is InChI=1S/C9H13BrN4O/c10-7-5-13-9(11)14-8(7)12-4-6-2-1-3-15-6/h5-6H,1-4H2,(H3,11,12,13,14). The first-order valence-corrected chi connectivity index (χ1v) is 5.68. The number of rotatable bonds is 3. The fraction of sp³-hybridized carbons (Fsp3) is 0.556. The lowest BCUT2D eigenvalue weighted by atomic mass is 10.2. The van der Waals surface area contributed by atoms with Crippen LogP contribution in [0.1, 0.15) is 12.8 Å². The van der Waals surface area contributed by atoms with Crippen molar-refractivity contribution in [1.82, 2.24) is 9.97 Å². The van der Waals surface area contributed by atoms with Crippen molar-refractivity contribution >= 4 is 27.7 Å². The van der Waals surface area contributed by atoms with Crippen molar-refractivity contribution in [1.29, 1.82) is 0 Å². The molecule has 3 N–H and O–H groups in total. The van der Waals surface area contributed by atoms with Crippen molar-refractivity contribution < 1.29 is 4.74 Å². The number of nitrogens with two attached hydrogens (primary N) is 1. The maximum atomic E-state index is 5.50. The second-order valence-corrected chi connectivity index (χ2v) is 4.30. The smallest absolute Gasteiger partial charge is 0.221 e. The highest BCUT2D eigenvalue weighted by molar-refractivity contribution is 9.10. The van der Waals surface area contributed by atoms with Gasteiger partial charge in [0.15, 0.2) is 0 Å². The molecule has 1 atom stereocenters. The van der Waals surface area contributed by atoms with Crippen LogP contribution < -0.4 is 11.1 Å². The van der Waals surface area contributed by atoms with Crippen LogP contribution in [0.25, 0.3) is 0 Å². The van der Waals surface area contributed by atoms with Gasteiger partial charge in [-0.2, -0.15) is 4.98 Å². The number of ether oxygens (including phenoxy) is 1. The minimum absolute atomic E-state index is 0.271. The lowest BCUT2D eigenvalue weighted by Gasteiger charge is -2.12. The van der Waals surface area contributed by atoms with Crippen LogP contribution in [0.15, 0.2) is 10.7 Å². The summed E-state index contributed by atoms with van der Waals surface area (Å²) in [4.78, 5) is 7.95. The van der Waals surface area contributed by atoms with Gasteiger partial charge in [-0.3, -0.25) is 0 Å². The van der Waals surface area contributed by atoms with E-state index in [0.29, 0.717) is 0 Å². The van der Waals surface area contributed by atoms with E-state index in [1.54, 1.807) is 6.20 Å². The summed E-state index contributed by atoms with van der Waals surface area (Å²) in [6.45, 7) is 1.62.